The van der Waals surface area contributed by atoms with E-state index in [9.17, 15) is 0 Å². The van der Waals surface area contributed by atoms with Crippen LogP contribution in [0.1, 0.15) is 23.9 Å². The molecule has 1 aromatic heterocycles. The van der Waals surface area contributed by atoms with Gasteiger partial charge in [-0.3, -0.25) is 4.68 Å². The van der Waals surface area contributed by atoms with Crippen LogP contribution in [0.4, 0.5) is 5.69 Å². The van der Waals surface area contributed by atoms with Gasteiger partial charge in [0.15, 0.2) is 0 Å². The predicted octanol–water partition coefficient (Wildman–Crippen LogP) is 3.11. The second-order valence-corrected chi connectivity index (χ2v) is 4.89. The van der Waals surface area contributed by atoms with Gasteiger partial charge in [-0.1, -0.05) is 24.6 Å². The summed E-state index contributed by atoms with van der Waals surface area (Å²) in [6.45, 7) is 4.38. The van der Waals surface area contributed by atoms with Gasteiger partial charge in [0.05, 0.1) is 22.1 Å². The van der Waals surface area contributed by atoms with Gasteiger partial charge in [0, 0.05) is 7.05 Å². The molecule has 0 aliphatic rings. The molecular weight excluding hydrogens is 262 g/mol. The maximum Gasteiger partial charge on any atom is 0.143 e. The molecule has 0 atom stereocenters. The highest BCUT2D eigenvalue weighted by Crippen LogP contribution is 2.26. The lowest BCUT2D eigenvalue weighted by Gasteiger charge is -2.10. The molecule has 2 rings (SSSR count). The van der Waals surface area contributed by atoms with Gasteiger partial charge >= 0.3 is 0 Å². The van der Waals surface area contributed by atoms with Crippen molar-refractivity contribution in [3.63, 3.8) is 0 Å². The number of anilines is 1. The third kappa shape index (κ3) is 2.84. The largest absolute Gasteiger partial charge is 0.485 e. The van der Waals surface area contributed by atoms with Crippen molar-refractivity contribution in [3.8, 4) is 5.75 Å². The van der Waals surface area contributed by atoms with Gasteiger partial charge in [-0.15, -0.1) is 0 Å². The molecule has 2 N–H and O–H groups in total. The number of nitrogen functional groups attached to an aromatic ring is 1. The molecule has 0 unspecified atom stereocenters. The lowest BCUT2D eigenvalue weighted by molar-refractivity contribution is 0.296. The summed E-state index contributed by atoms with van der Waals surface area (Å²) in [4.78, 5) is 0. The average Bonchev–Trinajstić information content (AvgIpc) is 2.66. The van der Waals surface area contributed by atoms with Crippen LogP contribution < -0.4 is 10.5 Å². The molecule has 0 radical (unpaired) electrons. The van der Waals surface area contributed by atoms with E-state index in [4.69, 9.17) is 22.1 Å². The molecule has 0 spiro atoms. The smallest absolute Gasteiger partial charge is 0.143 e. The maximum absolute atomic E-state index is 6.27. The standard InChI is InChI=1S/C14H18ClN3O/c1-4-11-14(15)12(18(3)17-11)8-19-13-7-9(2)5-6-10(13)16/h5-7H,4,8,16H2,1-3H3. The molecule has 0 saturated carbocycles. The van der Waals surface area contributed by atoms with Crippen molar-refractivity contribution >= 4 is 17.3 Å². The summed E-state index contributed by atoms with van der Waals surface area (Å²) in [5, 5.41) is 5.03. The van der Waals surface area contributed by atoms with E-state index in [0.717, 1.165) is 23.4 Å². The number of nitrogens with zero attached hydrogens (tertiary/aromatic N) is 2. The topological polar surface area (TPSA) is 53.1 Å². The monoisotopic (exact) mass is 279 g/mol. The minimum absolute atomic E-state index is 0.357. The third-order valence-corrected chi connectivity index (χ3v) is 3.47. The van der Waals surface area contributed by atoms with Gasteiger partial charge in [-0.2, -0.15) is 5.10 Å². The van der Waals surface area contributed by atoms with Crippen molar-refractivity contribution in [2.24, 2.45) is 7.05 Å². The number of aromatic nitrogens is 2. The lowest BCUT2D eigenvalue weighted by Crippen LogP contribution is -2.05. The van der Waals surface area contributed by atoms with Crippen LogP contribution in [0.2, 0.25) is 5.02 Å². The van der Waals surface area contributed by atoms with Crippen molar-refractivity contribution in [1.29, 1.82) is 0 Å². The number of hydrogen-bond donors (Lipinski definition) is 1. The van der Waals surface area contributed by atoms with E-state index in [0.29, 0.717) is 23.1 Å². The molecule has 0 aliphatic heterocycles. The lowest BCUT2D eigenvalue weighted by atomic mass is 10.2. The highest BCUT2D eigenvalue weighted by molar-refractivity contribution is 6.31. The molecule has 0 amide bonds. The molecule has 5 heteroatoms. The quantitative estimate of drug-likeness (QED) is 0.875. The molecule has 0 bridgehead atoms. The summed E-state index contributed by atoms with van der Waals surface area (Å²) in [5.74, 6) is 0.676. The van der Waals surface area contributed by atoms with E-state index in [1.54, 1.807) is 4.68 Å². The molecule has 1 aromatic carbocycles. The van der Waals surface area contributed by atoms with Crippen LogP contribution in [0.5, 0.6) is 5.75 Å². The predicted molar refractivity (Wildman–Crippen MR) is 77.5 cm³/mol. The van der Waals surface area contributed by atoms with E-state index in [-0.39, 0.29) is 0 Å². The number of halogens is 1. The Morgan fingerprint density at radius 3 is 2.79 bits per heavy atom. The number of ether oxygens (including phenoxy) is 1. The van der Waals surface area contributed by atoms with E-state index >= 15 is 0 Å². The number of rotatable bonds is 4. The summed E-state index contributed by atoms with van der Waals surface area (Å²) >= 11 is 6.27. The van der Waals surface area contributed by atoms with Gasteiger partial charge in [-0.05, 0) is 31.0 Å². The molecule has 19 heavy (non-hydrogen) atoms. The zero-order valence-corrected chi connectivity index (χ0v) is 12.2. The van der Waals surface area contributed by atoms with Crippen molar-refractivity contribution in [3.05, 3.63) is 40.2 Å². The summed E-state index contributed by atoms with van der Waals surface area (Å²) < 4.78 is 7.51. The number of aryl methyl sites for hydroxylation is 3. The van der Waals surface area contributed by atoms with Crippen molar-refractivity contribution in [2.45, 2.75) is 26.9 Å². The van der Waals surface area contributed by atoms with E-state index in [1.165, 1.54) is 0 Å². The fraction of sp³-hybridized carbons (Fsp3) is 0.357. The average molecular weight is 280 g/mol. The van der Waals surface area contributed by atoms with E-state index in [2.05, 4.69) is 5.10 Å². The first-order chi connectivity index (χ1) is 9.02. The van der Waals surface area contributed by atoms with Crippen LogP contribution in [-0.2, 0) is 20.1 Å². The Labute approximate surface area is 118 Å². The Hall–Kier alpha value is -1.68. The highest BCUT2D eigenvalue weighted by Gasteiger charge is 2.13. The van der Waals surface area contributed by atoms with Crippen LogP contribution in [0.25, 0.3) is 0 Å². The molecule has 0 saturated heterocycles. The van der Waals surface area contributed by atoms with Crippen LogP contribution in [0, 0.1) is 6.92 Å². The molecule has 0 aliphatic carbocycles. The third-order valence-electron chi connectivity index (χ3n) is 3.04. The maximum atomic E-state index is 6.27. The molecular formula is C14H18ClN3O. The van der Waals surface area contributed by atoms with Crippen LogP contribution in [0.3, 0.4) is 0 Å². The van der Waals surface area contributed by atoms with E-state index in [1.807, 2.05) is 39.1 Å². The van der Waals surface area contributed by atoms with Crippen molar-refractivity contribution in [2.75, 3.05) is 5.73 Å². The van der Waals surface area contributed by atoms with Crippen molar-refractivity contribution in [1.82, 2.24) is 9.78 Å². The van der Waals surface area contributed by atoms with Gasteiger partial charge in [0.25, 0.3) is 0 Å². The van der Waals surface area contributed by atoms with Crippen LogP contribution >= 0.6 is 11.6 Å². The minimum atomic E-state index is 0.357. The Kier molecular flexibility index (Phi) is 4.00. The normalized spacial score (nSPS) is 10.7. The van der Waals surface area contributed by atoms with Crippen molar-refractivity contribution < 1.29 is 4.74 Å². The fourth-order valence-corrected chi connectivity index (χ4v) is 2.24. The van der Waals surface area contributed by atoms with E-state index < -0.39 is 0 Å². The molecule has 1 heterocycles. The Balaban J connectivity index is 2.19. The zero-order chi connectivity index (χ0) is 14.0. The first-order valence-electron chi connectivity index (χ1n) is 6.22. The first-order valence-corrected chi connectivity index (χ1v) is 6.60. The second-order valence-electron chi connectivity index (χ2n) is 4.51. The molecule has 4 nitrogen and oxygen atoms in total. The minimum Gasteiger partial charge on any atom is -0.485 e. The zero-order valence-electron chi connectivity index (χ0n) is 11.4. The highest BCUT2D eigenvalue weighted by atomic mass is 35.5. The Morgan fingerprint density at radius 2 is 2.16 bits per heavy atom. The molecule has 0 fully saturated rings. The van der Waals surface area contributed by atoms with Gasteiger partial charge < -0.3 is 10.5 Å². The van der Waals surface area contributed by atoms with Gasteiger partial charge in [0.2, 0.25) is 0 Å². The SMILES string of the molecule is CCc1nn(C)c(COc2cc(C)ccc2N)c1Cl. The molecule has 102 valence electrons. The van der Waals surface area contributed by atoms with Crippen LogP contribution in [0.15, 0.2) is 18.2 Å². The van der Waals surface area contributed by atoms with Crippen LogP contribution in [-0.4, -0.2) is 9.78 Å². The number of nitrogens with two attached hydrogens (primary N) is 1. The summed E-state index contributed by atoms with van der Waals surface area (Å²) in [6, 6.07) is 5.71. The fourth-order valence-electron chi connectivity index (χ4n) is 1.89. The summed E-state index contributed by atoms with van der Waals surface area (Å²) in [6.07, 6.45) is 0.805. The summed E-state index contributed by atoms with van der Waals surface area (Å²) in [5.41, 5.74) is 9.36. The second kappa shape index (κ2) is 5.53. The summed E-state index contributed by atoms with van der Waals surface area (Å²) in [7, 11) is 1.86. The van der Waals surface area contributed by atoms with Gasteiger partial charge in [-0.25, -0.2) is 0 Å². The first kappa shape index (κ1) is 13.7. The Morgan fingerprint density at radius 1 is 1.42 bits per heavy atom. The van der Waals surface area contributed by atoms with Gasteiger partial charge in [0.1, 0.15) is 12.4 Å². The Bertz CT molecular complexity index is 593. The number of benzene rings is 1. The number of hydrogen-bond acceptors (Lipinski definition) is 3. The molecule has 2 aromatic rings.